The Bertz CT molecular complexity index is 4130. The molecule has 0 aliphatic carbocycles. The number of aliphatic imine (C=N–C) groups is 2. The summed E-state index contributed by atoms with van der Waals surface area (Å²) in [7, 11) is 0. The summed E-state index contributed by atoms with van der Waals surface area (Å²) in [6, 6.07) is 69.7. The molecule has 13 aromatic rings. The van der Waals surface area contributed by atoms with Gasteiger partial charge in [0.15, 0.2) is 5.84 Å². The Hall–Kier alpha value is -8.06. The molecule has 0 amide bonds. The van der Waals surface area contributed by atoms with Gasteiger partial charge in [0.2, 0.25) is 0 Å². The Morgan fingerprint density at radius 1 is 0.460 bits per heavy atom. The maximum Gasteiger partial charge on any atom is 0.159 e. The second-order valence-electron chi connectivity index (χ2n) is 16.5. The first-order valence-corrected chi connectivity index (χ1v) is 22.2. The van der Waals surface area contributed by atoms with E-state index in [9.17, 15) is 0 Å². The Labute approximate surface area is 364 Å². The Morgan fingerprint density at radius 3 is 1.97 bits per heavy atom. The number of thiophene rings is 1. The zero-order valence-corrected chi connectivity index (χ0v) is 34.5. The zero-order chi connectivity index (χ0) is 41.2. The molecule has 0 bridgehead atoms. The molecule has 1 aliphatic heterocycles. The molecule has 1 unspecified atom stereocenters. The van der Waals surface area contributed by atoms with E-state index >= 15 is 0 Å². The maximum atomic E-state index is 6.72. The van der Waals surface area contributed by atoms with Crippen molar-refractivity contribution in [1.29, 1.82) is 0 Å². The molecule has 3 aromatic heterocycles. The molecule has 1 N–H and O–H groups in total. The summed E-state index contributed by atoms with van der Waals surface area (Å²) in [4.78, 5) is 10.9. The molecular formula is C57H34N4OS. The van der Waals surface area contributed by atoms with Crippen molar-refractivity contribution in [3.05, 3.63) is 211 Å². The molecule has 63 heavy (non-hydrogen) atoms. The summed E-state index contributed by atoms with van der Waals surface area (Å²) >= 11 is 1.83. The van der Waals surface area contributed by atoms with Gasteiger partial charge in [-0.1, -0.05) is 133 Å². The van der Waals surface area contributed by atoms with Crippen LogP contribution in [0.1, 0.15) is 22.9 Å². The first-order chi connectivity index (χ1) is 31.2. The number of hydrogen-bond acceptors (Lipinski definition) is 5. The van der Waals surface area contributed by atoms with Gasteiger partial charge in [0.05, 0.1) is 16.4 Å². The molecule has 0 saturated carbocycles. The molecule has 1 aliphatic rings. The highest BCUT2D eigenvalue weighted by atomic mass is 32.1. The number of para-hydroxylation sites is 2. The summed E-state index contributed by atoms with van der Waals surface area (Å²) < 4.78 is 11.7. The normalized spacial score (nSPS) is 14.5. The fourth-order valence-electron chi connectivity index (χ4n) is 10.3. The van der Waals surface area contributed by atoms with Gasteiger partial charge in [0, 0.05) is 58.7 Å². The van der Waals surface area contributed by atoms with E-state index in [4.69, 9.17) is 14.4 Å². The predicted molar refractivity (Wildman–Crippen MR) is 265 cm³/mol. The van der Waals surface area contributed by atoms with Crippen LogP contribution in [-0.2, 0) is 0 Å². The molecule has 5 nitrogen and oxygen atoms in total. The smallest absolute Gasteiger partial charge is 0.159 e. The number of nitrogens with one attached hydrogen (secondary N) is 1. The number of aromatic nitrogens is 1. The summed E-state index contributed by atoms with van der Waals surface area (Å²) in [5.74, 6) is 1.48. The first kappa shape index (κ1) is 34.6. The van der Waals surface area contributed by atoms with E-state index in [1.807, 2.05) is 23.5 Å². The largest absolute Gasteiger partial charge is 0.455 e. The lowest BCUT2D eigenvalue weighted by atomic mass is 9.90. The Morgan fingerprint density at radius 2 is 1.13 bits per heavy atom. The van der Waals surface area contributed by atoms with Crippen LogP contribution >= 0.6 is 11.3 Å². The van der Waals surface area contributed by atoms with Crippen molar-refractivity contribution in [2.75, 3.05) is 0 Å². The molecule has 294 valence electrons. The Balaban J connectivity index is 1.07. The second-order valence-corrected chi connectivity index (χ2v) is 17.6. The third kappa shape index (κ3) is 5.10. The number of benzene rings is 10. The lowest BCUT2D eigenvalue weighted by molar-refractivity contribution is 0.673. The molecule has 14 rings (SSSR count). The van der Waals surface area contributed by atoms with E-state index in [2.05, 4.69) is 192 Å². The number of hydrogen-bond donors (Lipinski definition) is 1. The van der Waals surface area contributed by atoms with Crippen molar-refractivity contribution in [2.24, 2.45) is 9.98 Å². The monoisotopic (exact) mass is 822 g/mol. The molecule has 0 saturated heterocycles. The van der Waals surface area contributed by atoms with E-state index in [1.165, 1.54) is 52.5 Å². The second kappa shape index (κ2) is 13.2. The molecule has 0 spiro atoms. The Kier molecular flexibility index (Phi) is 7.27. The van der Waals surface area contributed by atoms with E-state index in [1.54, 1.807) is 0 Å². The number of furan rings is 1. The quantitative estimate of drug-likeness (QED) is 0.180. The first-order valence-electron chi connectivity index (χ1n) is 21.3. The van der Waals surface area contributed by atoms with Gasteiger partial charge in [-0.2, -0.15) is 0 Å². The minimum absolute atomic E-state index is 0.482. The number of fused-ring (bicyclic) bond motifs is 16. The summed E-state index contributed by atoms with van der Waals surface area (Å²) in [5, 5.41) is 18.1. The van der Waals surface area contributed by atoms with Crippen LogP contribution in [0.15, 0.2) is 209 Å². The average molecular weight is 823 g/mol. The molecule has 10 aromatic carbocycles. The van der Waals surface area contributed by atoms with Gasteiger partial charge < -0.3 is 14.3 Å². The van der Waals surface area contributed by atoms with Crippen molar-refractivity contribution in [2.45, 2.75) is 6.17 Å². The van der Waals surface area contributed by atoms with Gasteiger partial charge in [0.1, 0.15) is 23.2 Å². The molecule has 1 atom stereocenters. The van der Waals surface area contributed by atoms with E-state index < -0.39 is 6.17 Å². The van der Waals surface area contributed by atoms with Gasteiger partial charge >= 0.3 is 0 Å². The lowest BCUT2D eigenvalue weighted by Gasteiger charge is -2.26. The van der Waals surface area contributed by atoms with Crippen LogP contribution in [-0.4, -0.2) is 16.2 Å². The predicted octanol–water partition coefficient (Wildman–Crippen LogP) is 15.0. The van der Waals surface area contributed by atoms with Crippen molar-refractivity contribution >= 4 is 119 Å². The SMILES string of the molecule is c1ccc(C2=NC(c3cc(-n4c5ccccc5c5c6oc7ccccc7c6ccc54)cc4c5ccccc5c5ccccc5c34)NC(c3ccc4sc5ccccc5c4c3)=N2)cc1. The van der Waals surface area contributed by atoms with Crippen LogP contribution in [0.3, 0.4) is 0 Å². The van der Waals surface area contributed by atoms with Crippen LogP contribution in [0.5, 0.6) is 0 Å². The van der Waals surface area contributed by atoms with Crippen LogP contribution in [0, 0.1) is 0 Å². The van der Waals surface area contributed by atoms with Gasteiger partial charge in [-0.05, 0) is 93.0 Å². The van der Waals surface area contributed by atoms with Crippen molar-refractivity contribution in [1.82, 2.24) is 9.88 Å². The molecule has 0 radical (unpaired) electrons. The molecule has 0 fully saturated rings. The number of nitrogens with zero attached hydrogens (tertiary/aromatic N) is 3. The summed E-state index contributed by atoms with van der Waals surface area (Å²) in [6.07, 6.45) is -0.482. The van der Waals surface area contributed by atoms with Crippen LogP contribution in [0.25, 0.3) is 102 Å². The maximum absolute atomic E-state index is 6.72. The van der Waals surface area contributed by atoms with Gasteiger partial charge in [-0.3, -0.25) is 0 Å². The molecule has 6 heteroatoms. The average Bonchev–Trinajstić information content (AvgIpc) is 4.03. The fraction of sp³-hybridized carbons (Fsp3) is 0.0175. The molecule has 4 heterocycles. The fourth-order valence-corrected chi connectivity index (χ4v) is 11.3. The minimum Gasteiger partial charge on any atom is -0.455 e. The van der Waals surface area contributed by atoms with Crippen molar-refractivity contribution in [3.63, 3.8) is 0 Å². The van der Waals surface area contributed by atoms with Crippen LogP contribution in [0.2, 0.25) is 0 Å². The van der Waals surface area contributed by atoms with Gasteiger partial charge in [0.25, 0.3) is 0 Å². The number of rotatable bonds is 4. The highest BCUT2D eigenvalue weighted by molar-refractivity contribution is 7.25. The molecular weight excluding hydrogens is 789 g/mol. The summed E-state index contributed by atoms with van der Waals surface area (Å²) in [6.45, 7) is 0. The third-order valence-corrected chi connectivity index (χ3v) is 14.2. The highest BCUT2D eigenvalue weighted by Gasteiger charge is 2.27. The highest BCUT2D eigenvalue weighted by Crippen LogP contribution is 2.45. The van der Waals surface area contributed by atoms with Crippen molar-refractivity contribution in [3.8, 4) is 5.69 Å². The minimum atomic E-state index is -0.482. The zero-order valence-electron chi connectivity index (χ0n) is 33.7. The van der Waals surface area contributed by atoms with Gasteiger partial charge in [-0.15, -0.1) is 11.3 Å². The van der Waals surface area contributed by atoms with E-state index in [0.29, 0.717) is 5.84 Å². The number of amidine groups is 2. The van der Waals surface area contributed by atoms with Crippen LogP contribution in [0.4, 0.5) is 0 Å². The topological polar surface area (TPSA) is 54.8 Å². The summed E-state index contributed by atoms with van der Waals surface area (Å²) in [5.41, 5.74) is 8.10. The van der Waals surface area contributed by atoms with Crippen molar-refractivity contribution < 1.29 is 4.42 Å². The standard InChI is InChI=1S/C57H34N4OS/c1-2-14-33(15-3-1)55-58-56(34-26-29-51-44(30-34)40-20-10-13-25-50(40)63-51)60-57(59-55)46-32-35(31-45-38-18-5-4-16-36(38)37-17-6-7-21-41(37)52(45)46)61-47-23-11-8-22-43(47)53-48(61)28-27-42-39-19-9-12-24-49(39)62-54(42)53/h1-32,57H,(H,58,59,60). The van der Waals surface area contributed by atoms with E-state index in [0.717, 1.165) is 72.0 Å². The van der Waals surface area contributed by atoms with Gasteiger partial charge in [-0.25, -0.2) is 9.98 Å². The van der Waals surface area contributed by atoms with E-state index in [-0.39, 0.29) is 0 Å². The third-order valence-electron chi connectivity index (χ3n) is 13.0. The lowest BCUT2D eigenvalue weighted by Crippen LogP contribution is -2.33. The van der Waals surface area contributed by atoms with Crippen LogP contribution < -0.4 is 5.32 Å².